The molecule has 0 aliphatic rings. The quantitative estimate of drug-likeness (QED) is 0.849. The van der Waals surface area contributed by atoms with Crippen LogP contribution in [0.2, 0.25) is 0 Å². The van der Waals surface area contributed by atoms with Crippen LogP contribution in [0.1, 0.15) is 6.92 Å². The third-order valence-electron chi connectivity index (χ3n) is 2.13. The van der Waals surface area contributed by atoms with Crippen molar-refractivity contribution in [2.45, 2.75) is 13.5 Å². The van der Waals surface area contributed by atoms with Gasteiger partial charge in [0.05, 0.1) is 0 Å². The van der Waals surface area contributed by atoms with Gasteiger partial charge in [0, 0.05) is 22.3 Å². The van der Waals surface area contributed by atoms with Crippen LogP contribution in [-0.2, 0) is 6.54 Å². The SMILES string of the molecule is CCn1cnnc1-c1cc(N)cc(Br)c1. The molecule has 0 saturated carbocycles. The lowest BCUT2D eigenvalue weighted by molar-refractivity contribution is 0.767. The second-order valence-electron chi connectivity index (χ2n) is 3.21. The van der Waals surface area contributed by atoms with Gasteiger partial charge >= 0.3 is 0 Å². The molecule has 0 unspecified atom stereocenters. The van der Waals surface area contributed by atoms with Crippen LogP contribution in [0.3, 0.4) is 0 Å². The summed E-state index contributed by atoms with van der Waals surface area (Å²) in [4.78, 5) is 0. The van der Waals surface area contributed by atoms with Gasteiger partial charge in [0.15, 0.2) is 5.82 Å². The van der Waals surface area contributed by atoms with Crippen LogP contribution in [-0.4, -0.2) is 14.8 Å². The molecule has 1 aromatic carbocycles. The maximum atomic E-state index is 5.77. The maximum absolute atomic E-state index is 5.77. The number of hydrogen-bond donors (Lipinski definition) is 1. The number of nitrogens with zero attached hydrogens (tertiary/aromatic N) is 3. The molecule has 0 amide bonds. The molecule has 0 aliphatic heterocycles. The highest BCUT2D eigenvalue weighted by Crippen LogP contribution is 2.24. The number of nitrogens with two attached hydrogens (primary N) is 1. The lowest BCUT2D eigenvalue weighted by Gasteiger charge is -2.04. The van der Waals surface area contributed by atoms with Crippen LogP contribution >= 0.6 is 15.9 Å². The second-order valence-corrected chi connectivity index (χ2v) is 4.13. The van der Waals surface area contributed by atoms with Crippen LogP contribution in [0.4, 0.5) is 5.69 Å². The molecule has 1 aromatic heterocycles. The number of nitrogen functional groups attached to an aromatic ring is 1. The Morgan fingerprint density at radius 3 is 2.87 bits per heavy atom. The Balaban J connectivity index is 2.53. The molecule has 1 heterocycles. The average molecular weight is 267 g/mol. The molecule has 15 heavy (non-hydrogen) atoms. The Kier molecular flexibility index (Phi) is 2.73. The van der Waals surface area contributed by atoms with Crippen molar-refractivity contribution in [3.05, 3.63) is 29.0 Å². The smallest absolute Gasteiger partial charge is 0.163 e. The minimum atomic E-state index is 0.713. The molecule has 2 rings (SSSR count). The molecule has 4 nitrogen and oxygen atoms in total. The first-order chi connectivity index (χ1) is 7.20. The monoisotopic (exact) mass is 266 g/mol. The summed E-state index contributed by atoms with van der Waals surface area (Å²) in [6, 6.07) is 5.73. The van der Waals surface area contributed by atoms with Crippen molar-refractivity contribution in [3.8, 4) is 11.4 Å². The zero-order valence-corrected chi connectivity index (χ0v) is 9.90. The number of aryl methyl sites for hydroxylation is 1. The summed E-state index contributed by atoms with van der Waals surface area (Å²) in [5.74, 6) is 0.838. The molecular weight excluding hydrogens is 256 g/mol. The van der Waals surface area contributed by atoms with E-state index in [9.17, 15) is 0 Å². The van der Waals surface area contributed by atoms with Gasteiger partial charge in [-0.15, -0.1) is 10.2 Å². The molecule has 0 fully saturated rings. The predicted molar refractivity (Wildman–Crippen MR) is 63.2 cm³/mol. The molecule has 0 radical (unpaired) electrons. The number of aromatic nitrogens is 3. The van der Waals surface area contributed by atoms with Crippen molar-refractivity contribution < 1.29 is 0 Å². The minimum Gasteiger partial charge on any atom is -0.399 e. The van der Waals surface area contributed by atoms with Gasteiger partial charge in [-0.05, 0) is 25.1 Å². The number of hydrogen-bond acceptors (Lipinski definition) is 3. The molecule has 0 spiro atoms. The van der Waals surface area contributed by atoms with E-state index in [0.717, 1.165) is 22.4 Å². The lowest BCUT2D eigenvalue weighted by atomic mass is 10.2. The highest BCUT2D eigenvalue weighted by atomic mass is 79.9. The van der Waals surface area contributed by atoms with Crippen molar-refractivity contribution in [2.75, 3.05) is 5.73 Å². The first-order valence-electron chi connectivity index (χ1n) is 4.65. The Morgan fingerprint density at radius 2 is 2.20 bits per heavy atom. The van der Waals surface area contributed by atoms with Crippen LogP contribution < -0.4 is 5.73 Å². The predicted octanol–water partition coefficient (Wildman–Crippen LogP) is 2.31. The summed E-state index contributed by atoms with van der Waals surface area (Å²) in [6.07, 6.45) is 1.71. The molecule has 0 atom stereocenters. The normalized spacial score (nSPS) is 10.5. The van der Waals surface area contributed by atoms with E-state index < -0.39 is 0 Å². The molecule has 78 valence electrons. The molecule has 0 saturated heterocycles. The van der Waals surface area contributed by atoms with Gasteiger partial charge in [-0.2, -0.15) is 0 Å². The topological polar surface area (TPSA) is 56.7 Å². The molecule has 0 bridgehead atoms. The van der Waals surface area contributed by atoms with E-state index in [1.54, 1.807) is 6.33 Å². The average Bonchev–Trinajstić information content (AvgIpc) is 2.63. The number of anilines is 1. The molecular formula is C10H11BrN4. The Morgan fingerprint density at radius 1 is 1.40 bits per heavy atom. The van der Waals surface area contributed by atoms with Crippen molar-refractivity contribution in [2.24, 2.45) is 0 Å². The van der Waals surface area contributed by atoms with E-state index in [-0.39, 0.29) is 0 Å². The number of halogens is 1. The van der Waals surface area contributed by atoms with Crippen molar-refractivity contribution in [3.63, 3.8) is 0 Å². The van der Waals surface area contributed by atoms with Crippen molar-refractivity contribution in [1.29, 1.82) is 0 Å². The van der Waals surface area contributed by atoms with Crippen LogP contribution in [0.5, 0.6) is 0 Å². The van der Waals surface area contributed by atoms with Gasteiger partial charge in [-0.1, -0.05) is 15.9 Å². The highest BCUT2D eigenvalue weighted by molar-refractivity contribution is 9.10. The van der Waals surface area contributed by atoms with Gasteiger partial charge in [0.1, 0.15) is 6.33 Å². The third kappa shape index (κ3) is 2.02. The standard InChI is InChI=1S/C10H11BrN4/c1-2-15-6-13-14-10(15)7-3-8(11)5-9(12)4-7/h3-6H,2,12H2,1H3. The van der Waals surface area contributed by atoms with E-state index in [4.69, 9.17) is 5.73 Å². The fraction of sp³-hybridized carbons (Fsp3) is 0.200. The van der Waals surface area contributed by atoms with E-state index in [1.165, 1.54) is 0 Å². The van der Waals surface area contributed by atoms with Gasteiger partial charge in [-0.3, -0.25) is 0 Å². The Hall–Kier alpha value is -1.36. The molecule has 2 N–H and O–H groups in total. The van der Waals surface area contributed by atoms with Gasteiger partial charge in [0.25, 0.3) is 0 Å². The van der Waals surface area contributed by atoms with Crippen LogP contribution in [0, 0.1) is 0 Å². The summed E-state index contributed by atoms with van der Waals surface area (Å²) in [5, 5.41) is 7.96. The van der Waals surface area contributed by atoms with E-state index in [2.05, 4.69) is 26.1 Å². The maximum Gasteiger partial charge on any atom is 0.163 e. The van der Waals surface area contributed by atoms with Crippen molar-refractivity contribution in [1.82, 2.24) is 14.8 Å². The largest absolute Gasteiger partial charge is 0.399 e. The summed E-state index contributed by atoms with van der Waals surface area (Å²) >= 11 is 3.41. The first-order valence-corrected chi connectivity index (χ1v) is 5.44. The highest BCUT2D eigenvalue weighted by Gasteiger charge is 2.07. The zero-order valence-electron chi connectivity index (χ0n) is 8.31. The zero-order chi connectivity index (χ0) is 10.8. The summed E-state index contributed by atoms with van der Waals surface area (Å²) in [6.45, 7) is 2.89. The summed E-state index contributed by atoms with van der Waals surface area (Å²) in [7, 11) is 0. The van der Waals surface area contributed by atoms with E-state index in [1.807, 2.05) is 29.7 Å². The van der Waals surface area contributed by atoms with Crippen molar-refractivity contribution >= 4 is 21.6 Å². The number of rotatable bonds is 2. The fourth-order valence-electron chi connectivity index (χ4n) is 1.45. The lowest BCUT2D eigenvalue weighted by Crippen LogP contribution is -1.96. The Bertz CT molecular complexity index is 458. The number of benzene rings is 1. The minimum absolute atomic E-state index is 0.713. The molecule has 2 aromatic rings. The van der Waals surface area contributed by atoms with Gasteiger partial charge < -0.3 is 10.3 Å². The van der Waals surface area contributed by atoms with Crippen LogP contribution in [0.15, 0.2) is 29.0 Å². The Labute approximate surface area is 96.3 Å². The van der Waals surface area contributed by atoms with Gasteiger partial charge in [0.2, 0.25) is 0 Å². The van der Waals surface area contributed by atoms with Gasteiger partial charge in [-0.25, -0.2) is 0 Å². The summed E-state index contributed by atoms with van der Waals surface area (Å²) < 4.78 is 2.92. The fourth-order valence-corrected chi connectivity index (χ4v) is 1.96. The second kappa shape index (κ2) is 4.02. The van der Waals surface area contributed by atoms with E-state index in [0.29, 0.717) is 5.69 Å². The first kappa shape index (κ1) is 10.2. The van der Waals surface area contributed by atoms with E-state index >= 15 is 0 Å². The molecule has 0 aliphatic carbocycles. The summed E-state index contributed by atoms with van der Waals surface area (Å²) in [5.41, 5.74) is 7.46. The van der Waals surface area contributed by atoms with Crippen LogP contribution in [0.25, 0.3) is 11.4 Å². The molecule has 5 heteroatoms. The third-order valence-corrected chi connectivity index (χ3v) is 2.59.